The minimum absolute atomic E-state index is 0.0702. The molecule has 9 heteroatoms. The van der Waals surface area contributed by atoms with E-state index in [1.54, 1.807) is 20.8 Å². The lowest BCUT2D eigenvalue weighted by Crippen LogP contribution is -2.52. The predicted molar refractivity (Wildman–Crippen MR) is 76.2 cm³/mol. The van der Waals surface area contributed by atoms with E-state index < -0.39 is 34.7 Å². The zero-order chi connectivity index (χ0) is 17.8. The zero-order valence-corrected chi connectivity index (χ0v) is 12.8. The second-order valence-electron chi connectivity index (χ2n) is 5.74. The molecule has 126 valence electrons. The molecule has 0 saturated carbocycles. The van der Waals surface area contributed by atoms with Gasteiger partial charge in [-0.05, 0) is 38.5 Å². The lowest BCUT2D eigenvalue weighted by Gasteiger charge is -2.27. The molecule has 1 amide bonds. The van der Waals surface area contributed by atoms with Crippen LogP contribution in [0.1, 0.15) is 32.4 Å². The van der Waals surface area contributed by atoms with E-state index >= 15 is 0 Å². The number of aliphatic carboxylic acids is 1. The average Bonchev–Trinajstić information content (AvgIpc) is 2.42. The number of nitrogens with zero attached hydrogens (tertiary/aromatic N) is 1. The molecule has 0 aromatic heterocycles. The first-order chi connectivity index (χ1) is 10.5. The van der Waals surface area contributed by atoms with Crippen LogP contribution < -0.4 is 10.4 Å². The maximum Gasteiger partial charge on any atom is 0.408 e. The van der Waals surface area contributed by atoms with E-state index in [1.165, 1.54) is 12.1 Å². The molecule has 2 N–H and O–H groups in total. The van der Waals surface area contributed by atoms with Crippen LogP contribution in [0.4, 0.5) is 10.5 Å². The van der Waals surface area contributed by atoms with Gasteiger partial charge in [0.15, 0.2) is 0 Å². The largest absolute Gasteiger partial charge is 0.548 e. The van der Waals surface area contributed by atoms with Gasteiger partial charge in [0.05, 0.1) is 10.9 Å². The van der Waals surface area contributed by atoms with Gasteiger partial charge in [0.1, 0.15) is 17.7 Å². The van der Waals surface area contributed by atoms with Crippen molar-refractivity contribution in [3.8, 4) is 0 Å². The summed E-state index contributed by atoms with van der Waals surface area (Å²) >= 11 is 0. The van der Waals surface area contributed by atoms with E-state index in [1.807, 2.05) is 5.32 Å². The van der Waals surface area contributed by atoms with Crippen LogP contribution in [0.5, 0.6) is 0 Å². The van der Waals surface area contributed by atoms with E-state index in [2.05, 4.69) is 0 Å². The molecule has 0 aliphatic carbocycles. The van der Waals surface area contributed by atoms with Gasteiger partial charge in [-0.15, -0.1) is 0 Å². The third-order valence-electron chi connectivity index (χ3n) is 2.69. The molecule has 9 nitrogen and oxygen atoms in total. The molecule has 0 unspecified atom stereocenters. The third kappa shape index (κ3) is 5.55. The summed E-state index contributed by atoms with van der Waals surface area (Å²) in [6.07, 6.45) is -2.69. The molecule has 23 heavy (non-hydrogen) atoms. The van der Waals surface area contributed by atoms with Gasteiger partial charge in [-0.25, -0.2) is 4.79 Å². The van der Waals surface area contributed by atoms with Crippen LogP contribution in [-0.4, -0.2) is 33.7 Å². The highest BCUT2D eigenvalue weighted by atomic mass is 16.6. The molecule has 1 aromatic carbocycles. The summed E-state index contributed by atoms with van der Waals surface area (Å²) < 4.78 is 4.91. The Hall–Kier alpha value is -2.68. The van der Waals surface area contributed by atoms with Crippen molar-refractivity contribution in [3.05, 3.63) is 39.9 Å². The Morgan fingerprint density at radius 3 is 2.17 bits per heavy atom. The van der Waals surface area contributed by atoms with E-state index in [4.69, 9.17) is 4.74 Å². The molecule has 0 radical (unpaired) electrons. The Kier molecular flexibility index (Phi) is 5.63. The first kappa shape index (κ1) is 18.4. The molecular weight excluding hydrogens is 308 g/mol. The monoisotopic (exact) mass is 325 g/mol. The van der Waals surface area contributed by atoms with Crippen molar-refractivity contribution in [1.29, 1.82) is 0 Å². The number of nitro groups is 1. The van der Waals surface area contributed by atoms with Crippen LogP contribution in [0.15, 0.2) is 24.3 Å². The lowest BCUT2D eigenvalue weighted by molar-refractivity contribution is -0.384. The number of amides is 1. The van der Waals surface area contributed by atoms with Crippen LogP contribution in [0.2, 0.25) is 0 Å². The molecule has 2 atom stereocenters. The molecule has 0 heterocycles. The predicted octanol–water partition coefficient (Wildman–Crippen LogP) is 0.271. The van der Waals surface area contributed by atoms with Gasteiger partial charge in [0.25, 0.3) is 5.69 Å². The molecule has 1 rings (SSSR count). The number of carboxylic acid groups (broad SMARTS) is 1. The van der Waals surface area contributed by atoms with Crippen molar-refractivity contribution in [1.82, 2.24) is 5.32 Å². The number of hydrogen-bond acceptors (Lipinski definition) is 7. The smallest absolute Gasteiger partial charge is 0.408 e. The Labute approximate surface area is 132 Å². The average molecular weight is 325 g/mol. The quantitative estimate of drug-likeness (QED) is 0.584. The van der Waals surface area contributed by atoms with Crippen molar-refractivity contribution in [2.45, 2.75) is 38.5 Å². The van der Waals surface area contributed by atoms with Crippen LogP contribution in [0, 0.1) is 10.1 Å². The van der Waals surface area contributed by atoms with Crippen LogP contribution in [0.3, 0.4) is 0 Å². The van der Waals surface area contributed by atoms with E-state index in [0.29, 0.717) is 0 Å². The molecule has 0 saturated heterocycles. The number of carbonyl (C=O) groups is 2. The molecule has 0 aliphatic heterocycles. The van der Waals surface area contributed by atoms with Gasteiger partial charge in [-0.1, -0.05) is 0 Å². The first-order valence-electron chi connectivity index (χ1n) is 6.64. The molecule has 0 bridgehead atoms. The van der Waals surface area contributed by atoms with Crippen molar-refractivity contribution >= 4 is 17.7 Å². The van der Waals surface area contributed by atoms with E-state index in [-0.39, 0.29) is 11.3 Å². The Bertz CT molecular complexity index is 592. The topological polar surface area (TPSA) is 142 Å². The SMILES string of the molecule is CC(C)(C)OC(=O)N[C@@H](C(=O)[O-])[C@@H](O)c1ccc([N+](=O)[O-])cc1. The van der Waals surface area contributed by atoms with Gasteiger partial charge in [0.2, 0.25) is 0 Å². The fraction of sp³-hybridized carbons (Fsp3) is 0.429. The van der Waals surface area contributed by atoms with Crippen LogP contribution in [-0.2, 0) is 9.53 Å². The third-order valence-corrected chi connectivity index (χ3v) is 2.69. The van der Waals surface area contributed by atoms with Crippen molar-refractivity contribution < 1.29 is 29.5 Å². The number of rotatable bonds is 5. The van der Waals surface area contributed by atoms with E-state index in [9.17, 15) is 29.9 Å². The summed E-state index contributed by atoms with van der Waals surface area (Å²) in [6, 6.07) is 2.83. The second kappa shape index (κ2) is 7.05. The van der Waals surface area contributed by atoms with Gasteiger partial charge >= 0.3 is 6.09 Å². The van der Waals surface area contributed by atoms with Gasteiger partial charge in [-0.3, -0.25) is 10.1 Å². The Morgan fingerprint density at radius 2 is 1.78 bits per heavy atom. The number of aliphatic hydroxyl groups is 1. The highest BCUT2D eigenvalue weighted by Crippen LogP contribution is 2.20. The summed E-state index contributed by atoms with van der Waals surface area (Å²) in [4.78, 5) is 32.7. The fourth-order valence-corrected chi connectivity index (χ4v) is 1.69. The van der Waals surface area contributed by atoms with E-state index in [0.717, 1.165) is 12.1 Å². The minimum Gasteiger partial charge on any atom is -0.548 e. The highest BCUT2D eigenvalue weighted by Gasteiger charge is 2.27. The Balaban J connectivity index is 2.90. The fourth-order valence-electron chi connectivity index (χ4n) is 1.69. The number of ether oxygens (including phenoxy) is 1. The summed E-state index contributed by atoms with van der Waals surface area (Å²) in [7, 11) is 0. The van der Waals surface area contributed by atoms with Gasteiger partial charge < -0.3 is 25.1 Å². The summed E-state index contributed by atoms with van der Waals surface area (Å²) in [6.45, 7) is 4.77. The Morgan fingerprint density at radius 1 is 1.26 bits per heavy atom. The number of hydrogen-bond donors (Lipinski definition) is 2. The molecule has 0 aliphatic rings. The number of non-ortho nitro benzene ring substituents is 1. The standard InChI is InChI=1S/C14H18N2O7/c1-14(2,3)23-13(20)15-10(12(18)19)11(17)8-4-6-9(7-5-8)16(21)22/h4-7,10-11,17H,1-3H3,(H,15,20)(H,18,19)/p-1/t10-,11+/m1/s1. The summed E-state index contributed by atoms with van der Waals surface area (Å²) in [5.74, 6) is -1.72. The number of nitrogens with one attached hydrogen (secondary N) is 1. The van der Waals surface area contributed by atoms with Crippen molar-refractivity contribution in [2.75, 3.05) is 0 Å². The maximum atomic E-state index is 11.6. The molecular formula is C14H17N2O7-. The first-order valence-corrected chi connectivity index (χ1v) is 6.64. The molecule has 0 spiro atoms. The van der Waals surface area contributed by atoms with Gasteiger partial charge in [-0.2, -0.15) is 0 Å². The number of nitro benzene ring substituents is 1. The maximum absolute atomic E-state index is 11.6. The molecule has 0 fully saturated rings. The van der Waals surface area contributed by atoms with Crippen LogP contribution in [0.25, 0.3) is 0 Å². The van der Waals surface area contributed by atoms with Gasteiger partial charge in [0, 0.05) is 12.1 Å². The minimum atomic E-state index is -1.77. The number of alkyl carbamates (subject to hydrolysis) is 1. The zero-order valence-electron chi connectivity index (χ0n) is 12.8. The normalized spacial score (nSPS) is 13.7. The number of aliphatic hydroxyl groups excluding tert-OH is 1. The highest BCUT2D eigenvalue weighted by molar-refractivity contribution is 5.79. The summed E-state index contributed by atoms with van der Waals surface area (Å²) in [5.41, 5.74) is -0.995. The summed E-state index contributed by atoms with van der Waals surface area (Å²) in [5, 5.41) is 33.8. The second-order valence-corrected chi connectivity index (χ2v) is 5.74. The lowest BCUT2D eigenvalue weighted by atomic mass is 10.0. The molecule has 1 aromatic rings. The number of benzene rings is 1. The number of carbonyl (C=O) groups excluding carboxylic acids is 2. The van der Waals surface area contributed by atoms with Crippen molar-refractivity contribution in [3.63, 3.8) is 0 Å². The van der Waals surface area contributed by atoms with Crippen molar-refractivity contribution in [2.24, 2.45) is 0 Å². The van der Waals surface area contributed by atoms with Crippen LogP contribution >= 0.6 is 0 Å². The number of carboxylic acids is 1.